The van der Waals surface area contributed by atoms with E-state index in [-0.39, 0.29) is 11.0 Å². The third-order valence-corrected chi connectivity index (χ3v) is 3.20. The molecular weight excluding hydrogens is 288 g/mol. The summed E-state index contributed by atoms with van der Waals surface area (Å²) in [5.41, 5.74) is 3.69. The minimum Gasteiger partial charge on any atom is -0.502 e. The summed E-state index contributed by atoms with van der Waals surface area (Å²) in [6.07, 6.45) is 3.16. The molecule has 0 unspecified atom stereocenters. The third kappa shape index (κ3) is 4.50. The highest BCUT2D eigenvalue weighted by molar-refractivity contribution is 8.14. The van der Waals surface area contributed by atoms with E-state index in [4.69, 9.17) is 0 Å². The molecule has 1 heterocycles. The van der Waals surface area contributed by atoms with Crippen LogP contribution in [0.3, 0.4) is 0 Å². The average molecular weight is 303 g/mol. The van der Waals surface area contributed by atoms with Crippen molar-refractivity contribution in [3.63, 3.8) is 0 Å². The Kier molecular flexibility index (Phi) is 5.16. The van der Waals surface area contributed by atoms with Crippen LogP contribution in [0.25, 0.3) is 0 Å². The first-order valence-electron chi connectivity index (χ1n) is 6.15. The van der Waals surface area contributed by atoms with Crippen molar-refractivity contribution in [1.29, 1.82) is 0 Å². The van der Waals surface area contributed by atoms with Crippen LogP contribution in [0.1, 0.15) is 5.69 Å². The first-order chi connectivity index (χ1) is 10.2. The van der Waals surface area contributed by atoms with E-state index in [2.05, 4.69) is 15.2 Å². The number of para-hydroxylation sites is 1. The van der Waals surface area contributed by atoms with E-state index < -0.39 is 0 Å². The summed E-state index contributed by atoms with van der Waals surface area (Å²) in [5, 5.41) is 13.1. The number of carbonyl (C=O) groups excluding carboxylic acids is 1. The predicted octanol–water partition coefficient (Wildman–Crippen LogP) is 2.02. The summed E-state index contributed by atoms with van der Waals surface area (Å²) in [7, 11) is 1.77. The van der Waals surface area contributed by atoms with Crippen molar-refractivity contribution in [2.24, 2.45) is 12.1 Å². The topological polar surface area (TPSA) is 77.6 Å². The number of hydrogen-bond donors (Lipinski definition) is 3. The zero-order chi connectivity index (χ0) is 15.1. The number of hydrazone groups is 1. The lowest BCUT2D eigenvalue weighted by Gasteiger charge is -2.02. The summed E-state index contributed by atoms with van der Waals surface area (Å²) in [4.78, 5) is 11.6. The van der Waals surface area contributed by atoms with Gasteiger partial charge in [-0.3, -0.25) is 4.79 Å². The number of carbonyl (C=O) groups is 1. The van der Waals surface area contributed by atoms with Crippen molar-refractivity contribution >= 4 is 29.1 Å². The van der Waals surface area contributed by atoms with E-state index in [1.165, 1.54) is 6.21 Å². The molecule has 7 heteroatoms. The van der Waals surface area contributed by atoms with Gasteiger partial charge >= 0.3 is 5.24 Å². The van der Waals surface area contributed by atoms with E-state index in [1.54, 1.807) is 29.9 Å². The Morgan fingerprint density at radius 3 is 2.76 bits per heavy atom. The van der Waals surface area contributed by atoms with E-state index in [0.29, 0.717) is 5.69 Å². The lowest BCUT2D eigenvalue weighted by Crippen LogP contribution is -2.33. The van der Waals surface area contributed by atoms with Crippen molar-refractivity contribution in [1.82, 2.24) is 5.43 Å². The van der Waals surface area contributed by atoms with Gasteiger partial charge in [0.05, 0.1) is 0 Å². The average Bonchev–Trinajstić information content (AvgIpc) is 2.49. The molecule has 0 bridgehead atoms. The van der Waals surface area contributed by atoms with Crippen LogP contribution in [0, 0.1) is 0 Å². The fourth-order valence-corrected chi connectivity index (χ4v) is 1.99. The number of aromatic nitrogens is 1. The van der Waals surface area contributed by atoms with Gasteiger partial charge in [-0.15, -0.1) is 0 Å². The molecule has 0 aliphatic heterocycles. The van der Waals surface area contributed by atoms with E-state index in [9.17, 15) is 9.90 Å². The first kappa shape index (κ1) is 14.9. The van der Waals surface area contributed by atoms with Crippen molar-refractivity contribution in [3.05, 3.63) is 54.4 Å². The molecule has 1 amide bonds. The van der Waals surface area contributed by atoms with Crippen molar-refractivity contribution in [2.45, 2.75) is 0 Å². The molecule has 0 radical (unpaired) electrons. The van der Waals surface area contributed by atoms with Gasteiger partial charge in [0.1, 0.15) is 13.3 Å². The van der Waals surface area contributed by atoms with Gasteiger partial charge in [-0.25, -0.2) is 5.43 Å². The molecule has 3 N–H and O–H groups in total. The highest BCUT2D eigenvalue weighted by Gasteiger charge is 2.09. The van der Waals surface area contributed by atoms with E-state index >= 15 is 0 Å². The summed E-state index contributed by atoms with van der Waals surface area (Å²) < 4.78 is 4.59. The number of pyridine rings is 1. The molecule has 0 saturated heterocycles. The largest absolute Gasteiger partial charge is 0.502 e. The number of nitrogens with one attached hydrogen (secondary N) is 2. The smallest absolute Gasteiger partial charge is 0.319 e. The standard InChI is InChI=1S/C14H14N4O2S/c1-18-9-5-8-13(19)12(18)10-15-16-14(20)21-17-11-6-3-2-4-7-11/h2-10,17,19H,1H3/p+1. The fraction of sp³-hybridized carbons (Fsp3) is 0.0714. The minimum atomic E-state index is -0.354. The number of amides is 1. The number of aryl methyl sites for hydroxylation is 1. The van der Waals surface area contributed by atoms with Crippen LogP contribution < -0.4 is 14.7 Å². The molecule has 1 aromatic heterocycles. The number of anilines is 1. The van der Waals surface area contributed by atoms with Crippen LogP contribution in [0.5, 0.6) is 5.75 Å². The molecule has 0 saturated carbocycles. The lowest BCUT2D eigenvalue weighted by atomic mass is 10.3. The quantitative estimate of drug-likeness (QED) is 0.349. The predicted molar refractivity (Wildman–Crippen MR) is 83.1 cm³/mol. The Bertz CT molecular complexity index is 626. The lowest BCUT2D eigenvalue weighted by molar-refractivity contribution is -0.672. The van der Waals surface area contributed by atoms with Gasteiger partial charge in [-0.1, -0.05) is 18.2 Å². The number of aromatic hydroxyl groups is 1. The van der Waals surface area contributed by atoms with Crippen LogP contribution in [0.2, 0.25) is 0 Å². The summed E-state index contributed by atoms with van der Waals surface area (Å²) in [5.74, 6) is 0.0908. The molecular formula is C14H15N4O2S+. The number of rotatable bonds is 4. The van der Waals surface area contributed by atoms with Crippen LogP contribution >= 0.6 is 11.9 Å². The first-order valence-corrected chi connectivity index (χ1v) is 6.97. The zero-order valence-corrected chi connectivity index (χ0v) is 12.2. The SMILES string of the molecule is C[n+]1cccc(O)c1/C=N/NC(=O)SNc1ccccc1. The van der Waals surface area contributed by atoms with E-state index in [0.717, 1.165) is 17.6 Å². The van der Waals surface area contributed by atoms with Crippen molar-refractivity contribution in [2.75, 3.05) is 4.72 Å². The van der Waals surface area contributed by atoms with Gasteiger partial charge in [0.15, 0.2) is 11.9 Å². The molecule has 6 nitrogen and oxygen atoms in total. The van der Waals surface area contributed by atoms with Crippen LogP contribution in [0.15, 0.2) is 53.8 Å². The maximum atomic E-state index is 11.6. The van der Waals surface area contributed by atoms with Crippen LogP contribution in [0.4, 0.5) is 10.5 Å². The van der Waals surface area contributed by atoms with Gasteiger partial charge in [0, 0.05) is 23.7 Å². The number of benzene rings is 1. The summed E-state index contributed by atoms with van der Waals surface area (Å²) in [6, 6.07) is 12.6. The van der Waals surface area contributed by atoms with E-state index in [1.807, 2.05) is 30.3 Å². The van der Waals surface area contributed by atoms with Gasteiger partial charge < -0.3 is 9.83 Å². The highest BCUT2D eigenvalue weighted by atomic mass is 32.2. The highest BCUT2D eigenvalue weighted by Crippen LogP contribution is 2.12. The van der Waals surface area contributed by atoms with Crippen LogP contribution in [-0.2, 0) is 7.05 Å². The molecule has 2 aromatic rings. The van der Waals surface area contributed by atoms with Gasteiger partial charge in [-0.05, 0) is 18.2 Å². The number of hydrogen-bond acceptors (Lipinski definition) is 5. The van der Waals surface area contributed by atoms with Gasteiger partial charge in [0.2, 0.25) is 0 Å². The number of nitrogens with zero attached hydrogens (tertiary/aromatic N) is 2. The van der Waals surface area contributed by atoms with Crippen LogP contribution in [-0.4, -0.2) is 16.6 Å². The maximum absolute atomic E-state index is 11.6. The minimum absolute atomic E-state index is 0.0908. The molecule has 0 aliphatic rings. The zero-order valence-electron chi connectivity index (χ0n) is 11.4. The molecule has 0 aliphatic carbocycles. The van der Waals surface area contributed by atoms with Crippen molar-refractivity contribution < 1.29 is 14.5 Å². The summed E-state index contributed by atoms with van der Waals surface area (Å²) in [6.45, 7) is 0. The molecule has 2 rings (SSSR count). The normalized spacial score (nSPS) is 10.5. The maximum Gasteiger partial charge on any atom is 0.319 e. The van der Waals surface area contributed by atoms with Gasteiger partial charge in [0.25, 0.3) is 5.69 Å². The Balaban J connectivity index is 1.85. The Hall–Kier alpha value is -2.54. The Morgan fingerprint density at radius 1 is 1.29 bits per heavy atom. The molecule has 1 aromatic carbocycles. The molecule has 0 fully saturated rings. The molecule has 0 spiro atoms. The van der Waals surface area contributed by atoms with Gasteiger partial charge in [-0.2, -0.15) is 9.67 Å². The Labute approximate surface area is 126 Å². The fourth-order valence-electron chi connectivity index (χ4n) is 1.55. The Morgan fingerprint density at radius 2 is 2.05 bits per heavy atom. The monoisotopic (exact) mass is 303 g/mol. The third-order valence-electron chi connectivity index (χ3n) is 2.58. The molecule has 21 heavy (non-hydrogen) atoms. The second-order valence-electron chi connectivity index (χ2n) is 4.12. The second-order valence-corrected chi connectivity index (χ2v) is 4.90. The molecule has 108 valence electrons. The van der Waals surface area contributed by atoms with Crippen molar-refractivity contribution in [3.8, 4) is 5.75 Å². The molecule has 0 atom stereocenters. The second kappa shape index (κ2) is 7.30. The summed E-state index contributed by atoms with van der Waals surface area (Å²) >= 11 is 0.890.